The molecule has 0 unspecified atom stereocenters. The lowest BCUT2D eigenvalue weighted by Crippen LogP contribution is -2.28. The van der Waals surface area contributed by atoms with E-state index in [4.69, 9.17) is 0 Å². The second-order valence-electron chi connectivity index (χ2n) is 4.05. The normalized spacial score (nSPS) is 12.6. The van der Waals surface area contributed by atoms with Gasteiger partial charge in [0.1, 0.15) is 0 Å². The van der Waals surface area contributed by atoms with E-state index in [0.29, 0.717) is 6.54 Å². The summed E-state index contributed by atoms with van der Waals surface area (Å²) in [4.78, 5) is 3.75. The summed E-state index contributed by atoms with van der Waals surface area (Å²) in [6, 6.07) is 2.83. The molecule has 0 bridgehead atoms. The molecule has 1 rings (SSSR count). The van der Waals surface area contributed by atoms with Crippen LogP contribution in [0.1, 0.15) is 18.9 Å². The SMILES string of the molecule is CCNCc1ccc(S(=O)(=O)NCCC(F)(F)F)nc1. The standard InChI is InChI=1S/C11H16F3N3O2S/c1-2-15-7-9-3-4-10(16-8-9)20(18,19)17-6-5-11(12,13)14/h3-4,8,15,17H,2,5-7H2,1H3. The average molecular weight is 311 g/mol. The average Bonchev–Trinajstić information content (AvgIpc) is 2.35. The zero-order valence-corrected chi connectivity index (χ0v) is 11.7. The second kappa shape index (κ2) is 7.00. The summed E-state index contributed by atoms with van der Waals surface area (Å²) in [6.07, 6.45) is -4.24. The number of nitrogens with zero attached hydrogens (tertiary/aromatic N) is 1. The molecule has 0 amide bonds. The maximum Gasteiger partial charge on any atom is 0.390 e. The summed E-state index contributed by atoms with van der Waals surface area (Å²) in [5, 5.41) is 2.75. The molecule has 0 atom stereocenters. The van der Waals surface area contributed by atoms with E-state index in [1.54, 1.807) is 6.07 Å². The molecule has 0 aliphatic carbocycles. The Labute approximate surface area is 115 Å². The first-order valence-electron chi connectivity index (χ1n) is 5.96. The molecule has 1 aromatic rings. The van der Waals surface area contributed by atoms with Gasteiger partial charge >= 0.3 is 6.18 Å². The lowest BCUT2D eigenvalue weighted by atomic mass is 10.3. The molecule has 114 valence electrons. The Balaban J connectivity index is 2.63. The van der Waals surface area contributed by atoms with Crippen molar-refractivity contribution in [2.45, 2.75) is 31.1 Å². The number of halogens is 3. The van der Waals surface area contributed by atoms with Crippen LogP contribution < -0.4 is 10.0 Å². The number of aromatic nitrogens is 1. The third-order valence-corrected chi connectivity index (χ3v) is 3.73. The summed E-state index contributed by atoms with van der Waals surface area (Å²) in [5.41, 5.74) is 0.793. The van der Waals surface area contributed by atoms with Crippen molar-refractivity contribution >= 4 is 10.0 Å². The quantitative estimate of drug-likeness (QED) is 0.799. The molecule has 0 saturated heterocycles. The Morgan fingerprint density at radius 3 is 2.50 bits per heavy atom. The summed E-state index contributed by atoms with van der Waals surface area (Å²) in [6.45, 7) is 2.54. The van der Waals surface area contributed by atoms with Crippen molar-refractivity contribution in [3.05, 3.63) is 23.9 Å². The van der Waals surface area contributed by atoms with Crippen LogP contribution in [0.5, 0.6) is 0 Å². The molecule has 0 aliphatic rings. The van der Waals surface area contributed by atoms with Gasteiger partial charge in [-0.15, -0.1) is 0 Å². The van der Waals surface area contributed by atoms with Gasteiger partial charge in [-0.25, -0.2) is 18.1 Å². The van der Waals surface area contributed by atoms with Gasteiger partial charge in [0, 0.05) is 19.3 Å². The van der Waals surface area contributed by atoms with E-state index in [1.165, 1.54) is 12.3 Å². The van der Waals surface area contributed by atoms with Crippen LogP contribution in [-0.2, 0) is 16.6 Å². The minimum atomic E-state index is -4.40. The van der Waals surface area contributed by atoms with E-state index >= 15 is 0 Å². The van der Waals surface area contributed by atoms with Crippen molar-refractivity contribution in [1.82, 2.24) is 15.0 Å². The fourth-order valence-electron chi connectivity index (χ4n) is 1.34. The van der Waals surface area contributed by atoms with Gasteiger partial charge in [0.05, 0.1) is 6.42 Å². The van der Waals surface area contributed by atoms with Crippen molar-refractivity contribution in [3.8, 4) is 0 Å². The zero-order valence-electron chi connectivity index (χ0n) is 10.9. The molecule has 0 aliphatic heterocycles. The monoisotopic (exact) mass is 311 g/mol. The first-order chi connectivity index (χ1) is 9.24. The fourth-order valence-corrected chi connectivity index (χ4v) is 2.30. The molecule has 2 N–H and O–H groups in total. The molecule has 0 fully saturated rings. The minimum Gasteiger partial charge on any atom is -0.313 e. The van der Waals surface area contributed by atoms with Crippen LogP contribution in [0.2, 0.25) is 0 Å². The van der Waals surface area contributed by atoms with Crippen molar-refractivity contribution < 1.29 is 21.6 Å². The number of hydrogen-bond acceptors (Lipinski definition) is 4. The molecule has 5 nitrogen and oxygen atoms in total. The van der Waals surface area contributed by atoms with E-state index < -0.39 is 29.2 Å². The number of sulfonamides is 1. The predicted octanol–water partition coefficient (Wildman–Crippen LogP) is 1.42. The predicted molar refractivity (Wildman–Crippen MR) is 67.5 cm³/mol. The van der Waals surface area contributed by atoms with E-state index in [9.17, 15) is 21.6 Å². The number of rotatable bonds is 7. The minimum absolute atomic E-state index is 0.292. The first kappa shape index (κ1) is 16.9. The van der Waals surface area contributed by atoms with Crippen molar-refractivity contribution in [3.63, 3.8) is 0 Å². The third-order valence-electron chi connectivity index (χ3n) is 2.35. The van der Waals surface area contributed by atoms with Gasteiger partial charge in [0.25, 0.3) is 10.0 Å². The van der Waals surface area contributed by atoms with E-state index in [0.717, 1.165) is 12.1 Å². The first-order valence-corrected chi connectivity index (χ1v) is 7.45. The fraction of sp³-hybridized carbons (Fsp3) is 0.545. The lowest BCUT2D eigenvalue weighted by Gasteiger charge is -2.08. The van der Waals surface area contributed by atoms with Crippen LogP contribution in [0.25, 0.3) is 0 Å². The Kier molecular flexibility index (Phi) is 5.90. The Morgan fingerprint density at radius 1 is 1.30 bits per heavy atom. The summed E-state index contributed by atoms with van der Waals surface area (Å²) in [5.74, 6) is 0. The van der Waals surface area contributed by atoms with Crippen LogP contribution in [0.15, 0.2) is 23.4 Å². The molecule has 0 saturated carbocycles. The molecular weight excluding hydrogens is 295 g/mol. The maximum atomic E-state index is 11.9. The highest BCUT2D eigenvalue weighted by Crippen LogP contribution is 2.18. The molecular formula is C11H16F3N3O2S. The molecule has 0 aromatic carbocycles. The molecule has 0 spiro atoms. The van der Waals surface area contributed by atoms with Crippen molar-refractivity contribution in [1.29, 1.82) is 0 Å². The van der Waals surface area contributed by atoms with Crippen LogP contribution in [0.4, 0.5) is 13.2 Å². The van der Waals surface area contributed by atoms with Crippen LogP contribution in [0, 0.1) is 0 Å². The van der Waals surface area contributed by atoms with Gasteiger partial charge in [0.15, 0.2) is 5.03 Å². The lowest BCUT2D eigenvalue weighted by molar-refractivity contribution is -0.132. The molecule has 1 heterocycles. The van der Waals surface area contributed by atoms with E-state index in [1.807, 2.05) is 11.6 Å². The Morgan fingerprint density at radius 2 is 2.00 bits per heavy atom. The Hall–Kier alpha value is -1.19. The maximum absolute atomic E-state index is 11.9. The smallest absolute Gasteiger partial charge is 0.313 e. The van der Waals surface area contributed by atoms with E-state index in [2.05, 4.69) is 10.3 Å². The molecule has 0 radical (unpaired) electrons. The van der Waals surface area contributed by atoms with Crippen LogP contribution >= 0.6 is 0 Å². The summed E-state index contributed by atoms with van der Waals surface area (Å²) >= 11 is 0. The highest BCUT2D eigenvalue weighted by atomic mass is 32.2. The van der Waals surface area contributed by atoms with Gasteiger partial charge in [0.2, 0.25) is 0 Å². The van der Waals surface area contributed by atoms with Crippen molar-refractivity contribution in [2.24, 2.45) is 0 Å². The van der Waals surface area contributed by atoms with Gasteiger partial charge in [-0.05, 0) is 18.2 Å². The molecule has 20 heavy (non-hydrogen) atoms. The number of pyridine rings is 1. The summed E-state index contributed by atoms with van der Waals surface area (Å²) < 4.78 is 61.1. The zero-order chi connectivity index (χ0) is 15.2. The van der Waals surface area contributed by atoms with Gasteiger partial charge in [-0.1, -0.05) is 13.0 Å². The number of alkyl halides is 3. The van der Waals surface area contributed by atoms with Crippen LogP contribution in [0.3, 0.4) is 0 Å². The molecule has 1 aromatic heterocycles. The van der Waals surface area contributed by atoms with Crippen LogP contribution in [-0.4, -0.2) is 32.7 Å². The van der Waals surface area contributed by atoms with Gasteiger partial charge in [-0.2, -0.15) is 13.2 Å². The van der Waals surface area contributed by atoms with Gasteiger partial charge < -0.3 is 5.32 Å². The topological polar surface area (TPSA) is 71.1 Å². The third kappa shape index (κ3) is 5.85. The highest BCUT2D eigenvalue weighted by Gasteiger charge is 2.27. The van der Waals surface area contributed by atoms with Crippen molar-refractivity contribution in [2.75, 3.05) is 13.1 Å². The second-order valence-corrected chi connectivity index (χ2v) is 5.76. The number of hydrogen-bond donors (Lipinski definition) is 2. The highest BCUT2D eigenvalue weighted by molar-refractivity contribution is 7.89. The number of nitrogens with one attached hydrogen (secondary N) is 2. The van der Waals surface area contributed by atoms with Gasteiger partial charge in [-0.3, -0.25) is 0 Å². The Bertz CT molecular complexity index is 515. The van der Waals surface area contributed by atoms with E-state index in [-0.39, 0.29) is 5.03 Å². The largest absolute Gasteiger partial charge is 0.390 e. The molecule has 9 heteroatoms. The summed E-state index contributed by atoms with van der Waals surface area (Å²) in [7, 11) is -4.00.